The number of hydrogen-bond acceptors (Lipinski definition) is 5. The Bertz CT molecular complexity index is 515. The van der Waals surface area contributed by atoms with Gasteiger partial charge in [-0.05, 0) is 18.9 Å². The molecule has 6 nitrogen and oxygen atoms in total. The van der Waals surface area contributed by atoms with Crippen LogP contribution in [0.4, 0.5) is 10.1 Å². The van der Waals surface area contributed by atoms with E-state index >= 15 is 0 Å². The smallest absolute Gasteiger partial charge is 0.347 e. The zero-order valence-corrected chi connectivity index (χ0v) is 10.2. The molecule has 0 bridgehead atoms. The van der Waals surface area contributed by atoms with Crippen molar-refractivity contribution in [3.05, 3.63) is 34.1 Å². The Morgan fingerprint density at radius 1 is 1.53 bits per heavy atom. The summed E-state index contributed by atoms with van der Waals surface area (Å²) in [5, 5.41) is 10.5. The first-order chi connectivity index (χ1) is 9.02. The van der Waals surface area contributed by atoms with Gasteiger partial charge in [0.1, 0.15) is 5.75 Å². The van der Waals surface area contributed by atoms with Crippen LogP contribution in [0.1, 0.15) is 12.8 Å². The fraction of sp³-hybridized carbons (Fsp3) is 0.417. The molecule has 0 spiro atoms. The minimum Gasteiger partial charge on any atom is -0.478 e. The number of esters is 1. The van der Waals surface area contributed by atoms with Gasteiger partial charge < -0.3 is 9.47 Å². The van der Waals surface area contributed by atoms with Crippen molar-refractivity contribution in [2.75, 3.05) is 7.11 Å². The highest BCUT2D eigenvalue weighted by atomic mass is 19.1. The van der Waals surface area contributed by atoms with Gasteiger partial charge in [-0.3, -0.25) is 10.1 Å². The largest absolute Gasteiger partial charge is 0.478 e. The average molecular weight is 269 g/mol. The number of carbonyl (C=O) groups excluding carboxylic acids is 1. The quantitative estimate of drug-likeness (QED) is 0.464. The maximum absolute atomic E-state index is 13.4. The van der Waals surface area contributed by atoms with E-state index in [1.807, 2.05) is 0 Å². The molecule has 0 heterocycles. The number of rotatable bonds is 5. The predicted octanol–water partition coefficient (Wildman–Crippen LogP) is 2.06. The number of ether oxygens (including phenoxy) is 2. The molecule has 0 N–H and O–H groups in total. The molecule has 102 valence electrons. The van der Waals surface area contributed by atoms with Gasteiger partial charge in [0.15, 0.2) is 6.10 Å². The lowest BCUT2D eigenvalue weighted by Gasteiger charge is -2.16. The van der Waals surface area contributed by atoms with E-state index in [-0.39, 0.29) is 11.7 Å². The van der Waals surface area contributed by atoms with Gasteiger partial charge in [-0.1, -0.05) is 0 Å². The van der Waals surface area contributed by atoms with Crippen molar-refractivity contribution in [1.82, 2.24) is 0 Å². The molecule has 1 unspecified atom stereocenters. The normalized spacial score (nSPS) is 15.7. The number of nitrogens with zero attached hydrogens (tertiary/aromatic N) is 1. The van der Waals surface area contributed by atoms with Gasteiger partial charge in [0.2, 0.25) is 5.82 Å². The summed E-state index contributed by atoms with van der Waals surface area (Å²) in [5.41, 5.74) is -0.631. The highest BCUT2D eigenvalue weighted by Crippen LogP contribution is 2.36. The summed E-state index contributed by atoms with van der Waals surface area (Å²) in [6, 6.07) is 3.17. The fourth-order valence-electron chi connectivity index (χ4n) is 1.71. The Morgan fingerprint density at radius 2 is 2.21 bits per heavy atom. The van der Waals surface area contributed by atoms with Gasteiger partial charge in [0, 0.05) is 18.1 Å². The standard InChI is InChI=1S/C12H12FNO5/c1-18-12(15)11(7-2-3-7)19-8-4-5-10(14(16)17)9(13)6-8/h4-7,11H,2-3H2,1H3. The van der Waals surface area contributed by atoms with E-state index in [0.29, 0.717) is 0 Å². The third-order valence-electron chi connectivity index (χ3n) is 2.86. The minimum absolute atomic E-state index is 0.0608. The van der Waals surface area contributed by atoms with E-state index in [1.54, 1.807) is 0 Å². The van der Waals surface area contributed by atoms with Crippen molar-refractivity contribution in [1.29, 1.82) is 0 Å². The molecule has 1 aliphatic rings. The summed E-state index contributed by atoms with van der Waals surface area (Å²) >= 11 is 0. The fourth-order valence-corrected chi connectivity index (χ4v) is 1.71. The Balaban J connectivity index is 2.15. The van der Waals surface area contributed by atoms with Crippen LogP contribution >= 0.6 is 0 Å². The van der Waals surface area contributed by atoms with Gasteiger partial charge in [-0.25, -0.2) is 4.79 Å². The SMILES string of the molecule is COC(=O)C(Oc1ccc([N+](=O)[O-])c(F)c1)C1CC1. The number of methoxy groups -OCH3 is 1. The molecular formula is C12H12FNO5. The first-order valence-electron chi connectivity index (χ1n) is 5.71. The summed E-state index contributed by atoms with van der Waals surface area (Å²) in [7, 11) is 1.25. The number of nitro groups is 1. The Labute approximate surface area is 108 Å². The lowest BCUT2D eigenvalue weighted by Crippen LogP contribution is -2.30. The maximum Gasteiger partial charge on any atom is 0.347 e. The lowest BCUT2D eigenvalue weighted by molar-refractivity contribution is -0.387. The zero-order valence-electron chi connectivity index (χ0n) is 10.2. The topological polar surface area (TPSA) is 78.7 Å². The van der Waals surface area contributed by atoms with E-state index < -0.39 is 28.5 Å². The molecule has 0 aromatic heterocycles. The summed E-state index contributed by atoms with van der Waals surface area (Å²) in [6.45, 7) is 0. The molecule has 7 heteroatoms. The van der Waals surface area contributed by atoms with Gasteiger partial charge in [0.25, 0.3) is 0 Å². The highest BCUT2D eigenvalue weighted by Gasteiger charge is 2.39. The second-order valence-electron chi connectivity index (χ2n) is 4.27. The molecule has 0 saturated heterocycles. The average Bonchev–Trinajstić information content (AvgIpc) is 3.19. The summed E-state index contributed by atoms with van der Waals surface area (Å²) in [4.78, 5) is 21.2. The molecule has 1 aliphatic carbocycles. The lowest BCUT2D eigenvalue weighted by atomic mass is 10.2. The van der Waals surface area contributed by atoms with Crippen LogP contribution in [0, 0.1) is 21.8 Å². The van der Waals surface area contributed by atoms with Crippen molar-refractivity contribution >= 4 is 11.7 Å². The van der Waals surface area contributed by atoms with Gasteiger partial charge >= 0.3 is 11.7 Å². The van der Waals surface area contributed by atoms with Crippen molar-refractivity contribution in [3.63, 3.8) is 0 Å². The van der Waals surface area contributed by atoms with E-state index in [2.05, 4.69) is 4.74 Å². The van der Waals surface area contributed by atoms with Crippen molar-refractivity contribution in [2.24, 2.45) is 5.92 Å². The van der Waals surface area contributed by atoms with Crippen molar-refractivity contribution < 1.29 is 23.6 Å². The molecule has 1 saturated carbocycles. The number of nitro benzene ring substituents is 1. The van der Waals surface area contributed by atoms with E-state index in [0.717, 1.165) is 25.0 Å². The van der Waals surface area contributed by atoms with Gasteiger partial charge in [0.05, 0.1) is 12.0 Å². The number of carbonyl (C=O) groups is 1. The number of halogens is 1. The van der Waals surface area contributed by atoms with Crippen LogP contribution in [0.2, 0.25) is 0 Å². The summed E-state index contributed by atoms with van der Waals surface area (Å²) < 4.78 is 23.4. The van der Waals surface area contributed by atoms with Crippen LogP contribution in [0.5, 0.6) is 5.75 Å². The van der Waals surface area contributed by atoms with E-state index in [1.165, 1.54) is 13.2 Å². The first-order valence-corrected chi connectivity index (χ1v) is 5.71. The molecule has 0 radical (unpaired) electrons. The Hall–Kier alpha value is -2.18. The summed E-state index contributed by atoms with van der Waals surface area (Å²) in [6.07, 6.45) is 0.899. The molecule has 2 rings (SSSR count). The van der Waals surface area contributed by atoms with Crippen LogP contribution in [0.25, 0.3) is 0 Å². The van der Waals surface area contributed by atoms with Crippen LogP contribution in [0.15, 0.2) is 18.2 Å². The van der Waals surface area contributed by atoms with Crippen LogP contribution in [0.3, 0.4) is 0 Å². The van der Waals surface area contributed by atoms with Crippen LogP contribution in [-0.2, 0) is 9.53 Å². The van der Waals surface area contributed by atoms with Crippen LogP contribution < -0.4 is 4.74 Å². The third kappa shape index (κ3) is 2.98. The van der Waals surface area contributed by atoms with Gasteiger partial charge in [-0.2, -0.15) is 4.39 Å². The Kier molecular flexibility index (Phi) is 3.64. The molecule has 1 fully saturated rings. The Morgan fingerprint density at radius 3 is 2.68 bits per heavy atom. The molecule has 1 aromatic carbocycles. The van der Waals surface area contributed by atoms with Crippen LogP contribution in [-0.4, -0.2) is 24.1 Å². The molecule has 1 aromatic rings. The monoisotopic (exact) mass is 269 g/mol. The van der Waals surface area contributed by atoms with E-state index in [4.69, 9.17) is 4.74 Å². The third-order valence-corrected chi connectivity index (χ3v) is 2.86. The zero-order chi connectivity index (χ0) is 14.0. The summed E-state index contributed by atoms with van der Waals surface area (Å²) in [5.74, 6) is -1.39. The molecule has 0 amide bonds. The van der Waals surface area contributed by atoms with Crippen molar-refractivity contribution in [2.45, 2.75) is 18.9 Å². The van der Waals surface area contributed by atoms with E-state index in [9.17, 15) is 19.3 Å². The molecule has 1 atom stereocenters. The maximum atomic E-state index is 13.4. The molecular weight excluding hydrogens is 257 g/mol. The predicted molar refractivity (Wildman–Crippen MR) is 62.2 cm³/mol. The number of benzene rings is 1. The second kappa shape index (κ2) is 5.21. The number of hydrogen-bond donors (Lipinski definition) is 0. The molecule has 19 heavy (non-hydrogen) atoms. The minimum atomic E-state index is -0.998. The van der Waals surface area contributed by atoms with Crippen molar-refractivity contribution in [3.8, 4) is 5.75 Å². The molecule has 0 aliphatic heterocycles. The highest BCUT2D eigenvalue weighted by molar-refractivity contribution is 5.75. The second-order valence-corrected chi connectivity index (χ2v) is 4.27. The van der Waals surface area contributed by atoms with Gasteiger partial charge in [-0.15, -0.1) is 0 Å². The first kappa shape index (κ1) is 13.3.